The number of carbonyl (C=O) groups excluding carboxylic acids is 1. The molecule has 0 saturated carbocycles. The predicted molar refractivity (Wildman–Crippen MR) is 97.9 cm³/mol. The van der Waals surface area contributed by atoms with Crippen LogP contribution in [-0.4, -0.2) is 57.0 Å². The van der Waals surface area contributed by atoms with E-state index >= 15 is 0 Å². The van der Waals surface area contributed by atoms with Gasteiger partial charge in [0.15, 0.2) is 0 Å². The number of hydrogen-bond acceptors (Lipinski definition) is 5. The Morgan fingerprint density at radius 3 is 2.42 bits per heavy atom. The number of sulfonamides is 1. The van der Waals surface area contributed by atoms with Crippen molar-refractivity contribution in [3.8, 4) is 0 Å². The van der Waals surface area contributed by atoms with Crippen molar-refractivity contribution in [3.05, 3.63) is 30.3 Å². The zero-order chi connectivity index (χ0) is 18.6. The second-order valence-electron chi connectivity index (χ2n) is 7.14. The Labute approximate surface area is 154 Å². The highest BCUT2D eigenvalue weighted by Gasteiger charge is 2.36. The molecule has 144 valence electrons. The Morgan fingerprint density at radius 2 is 1.81 bits per heavy atom. The van der Waals surface area contributed by atoms with Gasteiger partial charge in [0, 0.05) is 32.8 Å². The number of nitrogens with one attached hydrogen (secondary N) is 1. The first kappa shape index (κ1) is 19.3. The van der Waals surface area contributed by atoms with Crippen molar-refractivity contribution in [2.75, 3.05) is 32.8 Å². The lowest BCUT2D eigenvalue weighted by atomic mass is 9.90. The molecule has 1 aromatic rings. The van der Waals surface area contributed by atoms with Crippen LogP contribution in [0.25, 0.3) is 0 Å². The third-order valence-electron chi connectivity index (χ3n) is 5.34. The predicted octanol–water partition coefficient (Wildman–Crippen LogP) is 0.711. The van der Waals surface area contributed by atoms with E-state index in [2.05, 4.69) is 5.32 Å². The van der Waals surface area contributed by atoms with Gasteiger partial charge in [-0.25, -0.2) is 8.42 Å². The van der Waals surface area contributed by atoms with Gasteiger partial charge in [-0.15, -0.1) is 0 Å². The van der Waals surface area contributed by atoms with Gasteiger partial charge in [-0.2, -0.15) is 4.31 Å². The summed E-state index contributed by atoms with van der Waals surface area (Å²) in [5, 5.41) is 2.96. The minimum Gasteiger partial charge on any atom is -0.381 e. The Bertz CT molecular complexity index is 709. The van der Waals surface area contributed by atoms with E-state index < -0.39 is 15.6 Å². The maximum atomic E-state index is 12.6. The standard InChI is InChI=1S/C18H27N3O4S/c19-18(8-12-25-13-9-18)17(22)20-14-15-6-10-21(11-7-15)26(23,24)16-4-2-1-3-5-16/h1-5,15H,6-14,19H2,(H,20,22). The van der Waals surface area contributed by atoms with Crippen molar-refractivity contribution in [2.45, 2.75) is 36.1 Å². The van der Waals surface area contributed by atoms with Crippen LogP contribution in [0.4, 0.5) is 0 Å². The molecule has 2 aliphatic rings. The van der Waals surface area contributed by atoms with Crippen molar-refractivity contribution in [3.63, 3.8) is 0 Å². The van der Waals surface area contributed by atoms with Crippen LogP contribution < -0.4 is 11.1 Å². The van der Waals surface area contributed by atoms with Gasteiger partial charge < -0.3 is 15.8 Å². The van der Waals surface area contributed by atoms with E-state index in [1.807, 2.05) is 0 Å². The van der Waals surface area contributed by atoms with Crippen molar-refractivity contribution in [1.29, 1.82) is 0 Å². The monoisotopic (exact) mass is 381 g/mol. The molecule has 0 atom stereocenters. The average Bonchev–Trinajstić information content (AvgIpc) is 2.67. The molecule has 0 unspecified atom stereocenters. The number of nitrogens with two attached hydrogens (primary N) is 1. The quantitative estimate of drug-likeness (QED) is 0.782. The van der Waals surface area contributed by atoms with Crippen molar-refractivity contribution < 1.29 is 17.9 Å². The van der Waals surface area contributed by atoms with E-state index in [0.29, 0.717) is 50.6 Å². The van der Waals surface area contributed by atoms with Crippen LogP contribution in [0.2, 0.25) is 0 Å². The van der Waals surface area contributed by atoms with Crippen LogP contribution in [0.3, 0.4) is 0 Å². The maximum absolute atomic E-state index is 12.6. The molecule has 7 nitrogen and oxygen atoms in total. The van der Waals surface area contributed by atoms with Crippen LogP contribution in [0.5, 0.6) is 0 Å². The molecule has 0 spiro atoms. The first-order valence-electron chi connectivity index (χ1n) is 9.12. The summed E-state index contributed by atoms with van der Waals surface area (Å²) in [5.41, 5.74) is 5.34. The number of nitrogens with zero attached hydrogens (tertiary/aromatic N) is 1. The molecule has 0 aromatic heterocycles. The molecule has 0 bridgehead atoms. The summed E-state index contributed by atoms with van der Waals surface area (Å²) >= 11 is 0. The van der Waals surface area contributed by atoms with Crippen LogP contribution >= 0.6 is 0 Å². The molecule has 0 radical (unpaired) electrons. The summed E-state index contributed by atoms with van der Waals surface area (Å²) in [6.07, 6.45) is 2.53. The Hall–Kier alpha value is -1.48. The summed E-state index contributed by atoms with van der Waals surface area (Å²) < 4.78 is 32.1. The minimum atomic E-state index is -3.43. The molecular weight excluding hydrogens is 354 g/mol. The van der Waals surface area contributed by atoms with Gasteiger partial charge in [-0.1, -0.05) is 18.2 Å². The summed E-state index contributed by atoms with van der Waals surface area (Å²) in [6, 6.07) is 8.51. The van der Waals surface area contributed by atoms with Crippen LogP contribution in [-0.2, 0) is 19.6 Å². The highest BCUT2D eigenvalue weighted by Crippen LogP contribution is 2.24. The zero-order valence-corrected chi connectivity index (χ0v) is 15.7. The van der Waals surface area contributed by atoms with E-state index in [9.17, 15) is 13.2 Å². The second kappa shape index (κ2) is 8.04. The smallest absolute Gasteiger partial charge is 0.243 e. The van der Waals surface area contributed by atoms with Gasteiger partial charge >= 0.3 is 0 Å². The molecule has 1 amide bonds. The van der Waals surface area contributed by atoms with E-state index in [1.165, 1.54) is 4.31 Å². The van der Waals surface area contributed by atoms with Crippen LogP contribution in [0, 0.1) is 5.92 Å². The van der Waals surface area contributed by atoms with Crippen LogP contribution in [0.1, 0.15) is 25.7 Å². The average molecular weight is 381 g/mol. The summed E-state index contributed by atoms with van der Waals surface area (Å²) in [6.45, 7) is 2.51. The largest absolute Gasteiger partial charge is 0.381 e. The first-order chi connectivity index (χ1) is 12.4. The second-order valence-corrected chi connectivity index (χ2v) is 9.08. The number of hydrogen-bond donors (Lipinski definition) is 2. The van der Waals surface area contributed by atoms with Gasteiger partial charge in [0.25, 0.3) is 0 Å². The lowest BCUT2D eigenvalue weighted by Crippen LogP contribution is -2.57. The number of rotatable bonds is 5. The summed E-state index contributed by atoms with van der Waals surface area (Å²) in [7, 11) is -3.43. The molecule has 0 aliphatic carbocycles. The third kappa shape index (κ3) is 4.25. The first-order valence-corrected chi connectivity index (χ1v) is 10.6. The van der Waals surface area contributed by atoms with Crippen molar-refractivity contribution >= 4 is 15.9 Å². The van der Waals surface area contributed by atoms with Crippen LogP contribution in [0.15, 0.2) is 35.2 Å². The van der Waals surface area contributed by atoms with E-state index in [0.717, 1.165) is 12.8 Å². The number of amides is 1. The minimum absolute atomic E-state index is 0.125. The SMILES string of the molecule is NC1(C(=O)NCC2CCN(S(=O)(=O)c3ccccc3)CC2)CCOCC1. The highest BCUT2D eigenvalue weighted by molar-refractivity contribution is 7.89. The molecule has 1 aromatic carbocycles. The fourth-order valence-electron chi connectivity index (χ4n) is 3.47. The Morgan fingerprint density at radius 1 is 1.19 bits per heavy atom. The number of carbonyl (C=O) groups is 1. The van der Waals surface area contributed by atoms with E-state index in [4.69, 9.17) is 10.5 Å². The highest BCUT2D eigenvalue weighted by atomic mass is 32.2. The maximum Gasteiger partial charge on any atom is 0.243 e. The van der Waals surface area contributed by atoms with Gasteiger partial charge in [0.05, 0.1) is 10.4 Å². The lowest BCUT2D eigenvalue weighted by molar-refractivity contribution is -0.130. The topological polar surface area (TPSA) is 102 Å². The van der Waals surface area contributed by atoms with Gasteiger partial charge in [0.2, 0.25) is 15.9 Å². The fraction of sp³-hybridized carbons (Fsp3) is 0.611. The molecular formula is C18H27N3O4S. The number of piperidine rings is 1. The molecule has 8 heteroatoms. The molecule has 3 rings (SSSR count). The lowest BCUT2D eigenvalue weighted by Gasteiger charge is -2.34. The number of ether oxygens (including phenoxy) is 1. The molecule has 2 saturated heterocycles. The summed E-state index contributed by atoms with van der Waals surface area (Å²) in [5.74, 6) is 0.143. The Kier molecular flexibility index (Phi) is 5.96. The molecule has 2 aliphatic heterocycles. The third-order valence-corrected chi connectivity index (χ3v) is 7.26. The molecule has 3 N–H and O–H groups in total. The van der Waals surface area contributed by atoms with Crippen molar-refractivity contribution in [1.82, 2.24) is 9.62 Å². The normalized spacial score (nSPS) is 22.0. The van der Waals surface area contributed by atoms with Crippen molar-refractivity contribution in [2.24, 2.45) is 11.7 Å². The van der Waals surface area contributed by atoms with Gasteiger partial charge in [-0.3, -0.25) is 4.79 Å². The number of benzene rings is 1. The molecule has 26 heavy (non-hydrogen) atoms. The van der Waals surface area contributed by atoms with Gasteiger partial charge in [-0.05, 0) is 43.7 Å². The summed E-state index contributed by atoms with van der Waals surface area (Å²) in [4.78, 5) is 12.7. The van der Waals surface area contributed by atoms with E-state index in [-0.39, 0.29) is 11.8 Å². The Balaban J connectivity index is 1.49. The van der Waals surface area contributed by atoms with E-state index in [1.54, 1.807) is 30.3 Å². The zero-order valence-electron chi connectivity index (χ0n) is 14.9. The molecule has 2 heterocycles. The van der Waals surface area contributed by atoms with Gasteiger partial charge in [0.1, 0.15) is 0 Å². The fourth-order valence-corrected chi connectivity index (χ4v) is 4.96. The molecule has 2 fully saturated rings.